The maximum absolute atomic E-state index is 6.58. The molecule has 0 bridgehead atoms. The Labute approximate surface area is 190 Å². The maximum Gasteiger partial charge on any atom is 0.198 e. The summed E-state index contributed by atoms with van der Waals surface area (Å²) in [6, 6.07) is 20.6. The highest BCUT2D eigenvalue weighted by molar-refractivity contribution is 6.89. The molecule has 0 amide bonds. The SMILES string of the molecule is C[Si](C)(/C=C/C=C/C=C/c1ccccc1)O[Si](C)(C)/C=C/C=C/C=C/c1ccccc1. The molecule has 160 valence electrons. The Bertz CT molecular complexity index is 868. The van der Waals surface area contributed by atoms with Gasteiger partial charge >= 0.3 is 0 Å². The maximum atomic E-state index is 6.58. The van der Waals surface area contributed by atoms with Crippen LogP contribution in [-0.2, 0) is 4.12 Å². The van der Waals surface area contributed by atoms with E-state index in [4.69, 9.17) is 4.12 Å². The fraction of sp³-hybridized carbons (Fsp3) is 0.143. The summed E-state index contributed by atoms with van der Waals surface area (Å²) < 4.78 is 6.58. The highest BCUT2D eigenvalue weighted by atomic mass is 28.4. The van der Waals surface area contributed by atoms with E-state index in [0.717, 1.165) is 0 Å². The molecule has 2 rings (SSSR count). The smallest absolute Gasteiger partial charge is 0.198 e. The Morgan fingerprint density at radius 2 is 0.839 bits per heavy atom. The molecule has 3 heteroatoms. The molecule has 1 nitrogen and oxygen atoms in total. The first-order valence-corrected chi connectivity index (χ1v) is 16.7. The predicted molar refractivity (Wildman–Crippen MR) is 144 cm³/mol. The molecule has 0 heterocycles. The summed E-state index contributed by atoms with van der Waals surface area (Å²) in [6.45, 7) is 8.99. The number of allylic oxidation sites excluding steroid dienone is 8. The van der Waals surface area contributed by atoms with E-state index in [2.05, 4.69) is 123 Å². The summed E-state index contributed by atoms with van der Waals surface area (Å²) in [5.41, 5.74) is 6.92. The van der Waals surface area contributed by atoms with Crippen LogP contribution in [0.1, 0.15) is 11.1 Å². The summed E-state index contributed by atoms with van der Waals surface area (Å²) in [4.78, 5) is 0. The van der Waals surface area contributed by atoms with E-state index in [0.29, 0.717) is 0 Å². The van der Waals surface area contributed by atoms with Crippen molar-refractivity contribution in [2.24, 2.45) is 0 Å². The number of hydrogen-bond acceptors (Lipinski definition) is 1. The van der Waals surface area contributed by atoms with E-state index < -0.39 is 16.6 Å². The topological polar surface area (TPSA) is 9.23 Å². The van der Waals surface area contributed by atoms with Gasteiger partial charge in [0.05, 0.1) is 0 Å². The molecule has 0 aromatic heterocycles. The monoisotopic (exact) mass is 442 g/mol. The van der Waals surface area contributed by atoms with Gasteiger partial charge in [-0.05, 0) is 37.3 Å². The fourth-order valence-corrected chi connectivity index (χ4v) is 10.2. The molecule has 0 aliphatic rings. The molecule has 0 radical (unpaired) electrons. The van der Waals surface area contributed by atoms with Crippen LogP contribution in [-0.4, -0.2) is 16.6 Å². The zero-order valence-electron chi connectivity index (χ0n) is 19.1. The summed E-state index contributed by atoms with van der Waals surface area (Å²) in [6.07, 6.45) is 20.8. The standard InChI is InChI=1S/C28H34OSi2/c1-30(2,25-17-7-5-11-19-27-21-13-9-14-22-27)29-31(3,4)26-18-8-6-12-20-28-23-15-10-16-24-28/h5-26H,1-4H3/b7-5+,8-6+,19-11+,20-12+,25-17+,26-18+. The van der Waals surface area contributed by atoms with Crippen LogP contribution >= 0.6 is 0 Å². The van der Waals surface area contributed by atoms with Gasteiger partial charge in [-0.2, -0.15) is 0 Å². The van der Waals surface area contributed by atoms with Crippen LogP contribution in [0, 0.1) is 0 Å². The van der Waals surface area contributed by atoms with Gasteiger partial charge in [-0.3, -0.25) is 0 Å². The second kappa shape index (κ2) is 12.9. The average molecular weight is 443 g/mol. The number of benzene rings is 2. The van der Waals surface area contributed by atoms with Crippen LogP contribution in [0.5, 0.6) is 0 Å². The lowest BCUT2D eigenvalue weighted by Crippen LogP contribution is -2.42. The van der Waals surface area contributed by atoms with E-state index in [1.54, 1.807) is 0 Å². The van der Waals surface area contributed by atoms with E-state index in [1.165, 1.54) is 11.1 Å². The molecule has 0 aliphatic heterocycles. The van der Waals surface area contributed by atoms with E-state index in [1.807, 2.05) is 36.4 Å². The molecule has 0 saturated carbocycles. The predicted octanol–water partition coefficient (Wildman–Crippen LogP) is 8.14. The van der Waals surface area contributed by atoms with Crippen molar-refractivity contribution >= 4 is 28.8 Å². The van der Waals surface area contributed by atoms with Gasteiger partial charge in [0.25, 0.3) is 0 Å². The number of rotatable bonds is 10. The lowest BCUT2D eigenvalue weighted by atomic mass is 10.2. The number of hydrogen-bond donors (Lipinski definition) is 0. The van der Waals surface area contributed by atoms with Gasteiger partial charge in [0.2, 0.25) is 0 Å². The van der Waals surface area contributed by atoms with Crippen LogP contribution < -0.4 is 0 Å². The Morgan fingerprint density at radius 1 is 0.484 bits per heavy atom. The van der Waals surface area contributed by atoms with Crippen molar-refractivity contribution in [3.63, 3.8) is 0 Å². The lowest BCUT2D eigenvalue weighted by molar-refractivity contribution is 0.571. The fourth-order valence-electron chi connectivity index (χ4n) is 3.04. The van der Waals surface area contributed by atoms with Gasteiger partial charge in [-0.25, -0.2) is 0 Å². The Balaban J connectivity index is 1.81. The minimum Gasteiger partial charge on any atom is -0.449 e. The quantitative estimate of drug-likeness (QED) is 0.266. The highest BCUT2D eigenvalue weighted by Crippen LogP contribution is 2.17. The zero-order chi connectivity index (χ0) is 22.4. The molecule has 2 aromatic rings. The second-order valence-corrected chi connectivity index (χ2v) is 16.2. The summed E-state index contributed by atoms with van der Waals surface area (Å²) in [5, 5.41) is 0. The largest absolute Gasteiger partial charge is 0.449 e. The third kappa shape index (κ3) is 11.3. The van der Waals surface area contributed by atoms with Crippen molar-refractivity contribution in [3.05, 3.63) is 132 Å². The molecule has 0 unspecified atom stereocenters. The normalized spacial score (nSPS) is 13.8. The average Bonchev–Trinajstić information content (AvgIpc) is 2.74. The molecule has 0 spiro atoms. The van der Waals surface area contributed by atoms with Gasteiger partial charge in [-0.1, -0.05) is 133 Å². The minimum absolute atomic E-state index is 1.21. The molecular formula is C28H34OSi2. The third-order valence-electron chi connectivity index (χ3n) is 4.36. The van der Waals surface area contributed by atoms with Gasteiger partial charge in [0, 0.05) is 0 Å². The van der Waals surface area contributed by atoms with Crippen LogP contribution in [0.2, 0.25) is 26.2 Å². The van der Waals surface area contributed by atoms with E-state index in [9.17, 15) is 0 Å². The second-order valence-electron chi connectivity index (χ2n) is 8.34. The van der Waals surface area contributed by atoms with Crippen molar-refractivity contribution in [2.75, 3.05) is 0 Å². The molecule has 0 saturated heterocycles. The van der Waals surface area contributed by atoms with Crippen molar-refractivity contribution in [3.8, 4) is 0 Å². The Morgan fingerprint density at radius 3 is 1.23 bits per heavy atom. The first-order valence-electron chi connectivity index (χ1n) is 10.7. The first-order chi connectivity index (χ1) is 14.9. The minimum atomic E-state index is -1.87. The molecule has 2 aromatic carbocycles. The third-order valence-corrected chi connectivity index (χ3v) is 10.6. The van der Waals surface area contributed by atoms with E-state index in [-0.39, 0.29) is 0 Å². The molecule has 0 atom stereocenters. The Hall–Kier alpha value is -2.73. The first kappa shape index (κ1) is 24.5. The summed E-state index contributed by atoms with van der Waals surface area (Å²) >= 11 is 0. The molecule has 0 aliphatic carbocycles. The zero-order valence-corrected chi connectivity index (χ0v) is 21.1. The summed E-state index contributed by atoms with van der Waals surface area (Å²) in [7, 11) is -3.73. The molecule has 0 N–H and O–H groups in total. The molecule has 31 heavy (non-hydrogen) atoms. The van der Waals surface area contributed by atoms with Crippen LogP contribution in [0.3, 0.4) is 0 Å². The molecular weight excluding hydrogens is 408 g/mol. The van der Waals surface area contributed by atoms with Crippen LogP contribution in [0.4, 0.5) is 0 Å². The Kier molecular flexibility index (Phi) is 10.2. The molecule has 0 fully saturated rings. The van der Waals surface area contributed by atoms with Crippen molar-refractivity contribution < 1.29 is 4.12 Å². The van der Waals surface area contributed by atoms with Crippen molar-refractivity contribution in [1.29, 1.82) is 0 Å². The van der Waals surface area contributed by atoms with E-state index >= 15 is 0 Å². The van der Waals surface area contributed by atoms with Crippen LogP contribution in [0.25, 0.3) is 12.2 Å². The van der Waals surface area contributed by atoms with Crippen molar-refractivity contribution in [1.82, 2.24) is 0 Å². The summed E-state index contributed by atoms with van der Waals surface area (Å²) in [5.74, 6) is 0. The van der Waals surface area contributed by atoms with Crippen LogP contribution in [0.15, 0.2) is 121 Å². The van der Waals surface area contributed by atoms with Gasteiger partial charge < -0.3 is 4.12 Å². The van der Waals surface area contributed by atoms with Gasteiger partial charge in [0.1, 0.15) is 0 Å². The lowest BCUT2D eigenvalue weighted by Gasteiger charge is -2.29. The van der Waals surface area contributed by atoms with Gasteiger partial charge in [0.15, 0.2) is 16.6 Å². The van der Waals surface area contributed by atoms with Crippen molar-refractivity contribution in [2.45, 2.75) is 26.2 Å². The van der Waals surface area contributed by atoms with Gasteiger partial charge in [-0.15, -0.1) is 0 Å². The highest BCUT2D eigenvalue weighted by Gasteiger charge is 2.28.